The molecule has 0 radical (unpaired) electrons. The molecule has 0 saturated heterocycles. The Morgan fingerprint density at radius 2 is 1.00 bits per heavy atom. The molecular weight excluding hydrogens is 410 g/mol. The van der Waals surface area contributed by atoms with E-state index in [-0.39, 0.29) is 6.04 Å². The monoisotopic (exact) mass is 438 g/mol. The average Bonchev–Trinajstić information content (AvgIpc) is 2.58. The van der Waals surface area contributed by atoms with Crippen molar-refractivity contribution in [2.45, 2.75) is 38.2 Å². The molecule has 0 aliphatic heterocycles. The highest BCUT2D eigenvalue weighted by molar-refractivity contribution is 6.60. The Bertz CT molecular complexity index is 298. The first-order chi connectivity index (χ1) is 11.8. The van der Waals surface area contributed by atoms with Crippen molar-refractivity contribution in [2.75, 3.05) is 42.7 Å². The Kier molecular flexibility index (Phi) is 18.5. The van der Waals surface area contributed by atoms with Gasteiger partial charge in [-0.2, -0.15) is 26.3 Å². The highest BCUT2D eigenvalue weighted by Gasteiger charge is 2.42. The standard InChI is InChI=1S/C6H13F3O3Si.C3H5F3.C3H10O3Si/c1-10-13(11-2,12-3)5-4-6(7,8)9;1-2-3(4,5)6;1-4-7(5-2)6-3/h4-5H2,1-3H3;2H2,1H3;7H,1-3H3. The van der Waals surface area contributed by atoms with Crippen LogP contribution in [-0.2, 0) is 26.6 Å². The smallest absolute Gasteiger partial charge is 0.379 e. The van der Waals surface area contributed by atoms with Gasteiger partial charge in [0, 0.05) is 61.5 Å². The summed E-state index contributed by atoms with van der Waals surface area (Å²) in [4.78, 5) is 0. The topological polar surface area (TPSA) is 55.4 Å². The van der Waals surface area contributed by atoms with Crippen molar-refractivity contribution in [3.8, 4) is 0 Å². The maximum absolute atomic E-state index is 11.9. The van der Waals surface area contributed by atoms with Gasteiger partial charge in [-0.3, -0.25) is 0 Å². The summed E-state index contributed by atoms with van der Waals surface area (Å²) >= 11 is 0. The van der Waals surface area contributed by atoms with Crippen LogP contribution in [0.1, 0.15) is 19.8 Å². The SMILES string of the molecule is CCC(F)(F)F.CO[SiH](OC)OC.CO[Si](CCC(F)(F)F)(OC)OC. The van der Waals surface area contributed by atoms with E-state index in [4.69, 9.17) is 26.6 Å². The summed E-state index contributed by atoms with van der Waals surface area (Å²) in [6.45, 7) is 1.08. The third-order valence-electron chi connectivity index (χ3n) is 2.63. The largest absolute Gasteiger partial charge is 0.500 e. The molecule has 0 atom stereocenters. The van der Waals surface area contributed by atoms with E-state index in [0.29, 0.717) is 0 Å². The molecule has 0 spiro atoms. The predicted octanol–water partition coefficient (Wildman–Crippen LogP) is 3.42. The van der Waals surface area contributed by atoms with Crippen molar-refractivity contribution >= 4 is 18.3 Å². The molecule has 0 aromatic carbocycles. The van der Waals surface area contributed by atoms with Gasteiger partial charge in [0.05, 0.1) is 0 Å². The number of hydrogen-bond donors (Lipinski definition) is 0. The molecule has 0 saturated carbocycles. The van der Waals surface area contributed by atoms with Gasteiger partial charge in [0.1, 0.15) is 0 Å². The van der Waals surface area contributed by atoms with E-state index in [0.717, 1.165) is 6.92 Å². The van der Waals surface area contributed by atoms with Crippen molar-refractivity contribution in [2.24, 2.45) is 0 Å². The Morgan fingerprint density at radius 3 is 1.12 bits per heavy atom. The van der Waals surface area contributed by atoms with Crippen LogP contribution in [0.3, 0.4) is 0 Å². The highest BCUT2D eigenvalue weighted by atomic mass is 28.4. The summed E-state index contributed by atoms with van der Waals surface area (Å²) in [5.74, 6) is 0. The molecule has 0 bridgehead atoms. The van der Waals surface area contributed by atoms with Crippen molar-refractivity contribution in [1.82, 2.24) is 0 Å². The number of hydrogen-bond acceptors (Lipinski definition) is 6. The third kappa shape index (κ3) is 20.1. The second kappa shape index (κ2) is 15.8. The molecule has 0 aliphatic rings. The van der Waals surface area contributed by atoms with Gasteiger partial charge in [-0.05, 0) is 0 Å². The summed E-state index contributed by atoms with van der Waals surface area (Å²) in [7, 11) is 3.86. The van der Waals surface area contributed by atoms with Gasteiger partial charge in [-0.25, -0.2) is 0 Å². The second-order valence-electron chi connectivity index (χ2n) is 4.38. The summed E-state index contributed by atoms with van der Waals surface area (Å²) in [5.41, 5.74) is 0. The van der Waals surface area contributed by atoms with Crippen molar-refractivity contribution < 1.29 is 52.9 Å². The molecule has 0 heterocycles. The van der Waals surface area contributed by atoms with E-state index in [1.54, 1.807) is 21.3 Å². The summed E-state index contributed by atoms with van der Waals surface area (Å²) in [6, 6.07) is -0.250. The predicted molar refractivity (Wildman–Crippen MR) is 86.8 cm³/mol. The Morgan fingerprint density at radius 1 is 0.692 bits per heavy atom. The van der Waals surface area contributed by atoms with Crippen molar-refractivity contribution in [3.63, 3.8) is 0 Å². The molecular formula is C12H28F6O6Si2. The van der Waals surface area contributed by atoms with Crippen molar-refractivity contribution in [1.29, 1.82) is 0 Å². The van der Waals surface area contributed by atoms with Gasteiger partial charge in [-0.15, -0.1) is 0 Å². The molecule has 6 nitrogen and oxygen atoms in total. The van der Waals surface area contributed by atoms with Crippen LogP contribution in [-0.4, -0.2) is 73.3 Å². The first kappa shape index (κ1) is 30.5. The number of halogens is 6. The zero-order valence-corrected chi connectivity index (χ0v) is 18.1. The van der Waals surface area contributed by atoms with Gasteiger partial charge >= 0.3 is 30.7 Å². The lowest BCUT2D eigenvalue weighted by molar-refractivity contribution is -0.133. The fourth-order valence-electron chi connectivity index (χ4n) is 1.14. The van der Waals surface area contributed by atoms with E-state index in [1.807, 2.05) is 0 Å². The average molecular weight is 439 g/mol. The van der Waals surface area contributed by atoms with Crippen LogP contribution in [0.4, 0.5) is 26.3 Å². The van der Waals surface area contributed by atoms with E-state index in [9.17, 15) is 26.3 Å². The maximum Gasteiger partial charge on any atom is 0.500 e. The van der Waals surface area contributed by atoms with E-state index < -0.39 is 43.5 Å². The summed E-state index contributed by atoms with van der Waals surface area (Å²) in [5, 5.41) is 0. The molecule has 0 aliphatic carbocycles. The van der Waals surface area contributed by atoms with Crippen molar-refractivity contribution in [3.05, 3.63) is 0 Å². The van der Waals surface area contributed by atoms with Crippen LogP contribution in [0.15, 0.2) is 0 Å². The molecule has 0 rings (SSSR count). The summed E-state index contributed by atoms with van der Waals surface area (Å²) < 4.78 is 96.6. The van der Waals surface area contributed by atoms with E-state index in [1.165, 1.54) is 21.3 Å². The lowest BCUT2D eigenvalue weighted by Gasteiger charge is -2.24. The van der Waals surface area contributed by atoms with Crippen LogP contribution in [0, 0.1) is 0 Å². The first-order valence-electron chi connectivity index (χ1n) is 7.17. The van der Waals surface area contributed by atoms with Gasteiger partial charge in [0.25, 0.3) is 0 Å². The van der Waals surface area contributed by atoms with Gasteiger partial charge in [0.2, 0.25) is 0 Å². The van der Waals surface area contributed by atoms with Crippen LogP contribution < -0.4 is 0 Å². The quantitative estimate of drug-likeness (QED) is 0.428. The lowest BCUT2D eigenvalue weighted by Crippen LogP contribution is -2.43. The molecule has 0 amide bonds. The molecule has 0 aromatic rings. The fourth-order valence-corrected chi connectivity index (χ4v) is 3.42. The van der Waals surface area contributed by atoms with Crippen LogP contribution in [0.25, 0.3) is 0 Å². The molecule has 14 heteroatoms. The minimum Gasteiger partial charge on any atom is -0.379 e. The normalized spacial score (nSPS) is 12.2. The first-order valence-corrected chi connectivity index (χ1v) is 10.5. The molecule has 26 heavy (non-hydrogen) atoms. The van der Waals surface area contributed by atoms with Crippen LogP contribution in [0.2, 0.25) is 6.04 Å². The molecule has 0 fully saturated rings. The van der Waals surface area contributed by atoms with Gasteiger partial charge in [0.15, 0.2) is 0 Å². The van der Waals surface area contributed by atoms with E-state index >= 15 is 0 Å². The van der Waals surface area contributed by atoms with Crippen LogP contribution >= 0.6 is 0 Å². The minimum absolute atomic E-state index is 0.250. The Hall–Kier alpha value is -0.226. The zero-order chi connectivity index (χ0) is 21.4. The van der Waals surface area contributed by atoms with Gasteiger partial charge in [-0.1, -0.05) is 6.92 Å². The van der Waals surface area contributed by atoms with Crippen LogP contribution in [0.5, 0.6) is 0 Å². The third-order valence-corrected chi connectivity index (χ3v) is 6.51. The highest BCUT2D eigenvalue weighted by Crippen LogP contribution is 2.26. The molecule has 162 valence electrons. The van der Waals surface area contributed by atoms with E-state index in [2.05, 4.69) is 0 Å². The second-order valence-corrected chi connectivity index (χ2v) is 9.46. The molecule has 0 aromatic heterocycles. The number of rotatable bonds is 8. The lowest BCUT2D eigenvalue weighted by atomic mass is 10.5. The number of alkyl halides is 6. The molecule has 0 unspecified atom stereocenters. The zero-order valence-electron chi connectivity index (χ0n) is 15.9. The minimum atomic E-state index is -4.20. The Labute approximate surface area is 153 Å². The van der Waals surface area contributed by atoms with Gasteiger partial charge < -0.3 is 26.6 Å². The fraction of sp³-hybridized carbons (Fsp3) is 1.00. The maximum atomic E-state index is 11.9. The Balaban J connectivity index is -0.000000342. The molecule has 0 N–H and O–H groups in total. The summed E-state index contributed by atoms with van der Waals surface area (Å²) in [6.07, 6.45) is -9.84.